The van der Waals surface area contributed by atoms with Crippen molar-refractivity contribution in [1.29, 1.82) is 0 Å². The zero-order valence-electron chi connectivity index (χ0n) is 9.94. The molecule has 1 N–H and O–H groups in total. The van der Waals surface area contributed by atoms with E-state index in [0.717, 1.165) is 13.0 Å². The standard InChI is InChI=1S/C13H19NO2/c1-3-11-5-4-6-12(9-11)10-14(2)8-7-13(15)16/h4-6,9H,3,7-8,10H2,1-2H3,(H,15,16). The Bertz CT molecular complexity index is 350. The maximum atomic E-state index is 10.4. The number of aliphatic carboxylic acids is 1. The number of carboxylic acid groups (broad SMARTS) is 1. The van der Waals surface area contributed by atoms with Gasteiger partial charge >= 0.3 is 5.97 Å². The summed E-state index contributed by atoms with van der Waals surface area (Å²) < 4.78 is 0. The molecule has 3 nitrogen and oxygen atoms in total. The van der Waals surface area contributed by atoms with Crippen LogP contribution < -0.4 is 0 Å². The molecule has 0 saturated heterocycles. The largest absolute Gasteiger partial charge is 0.481 e. The molecule has 1 rings (SSSR count). The molecule has 0 aromatic heterocycles. The highest BCUT2D eigenvalue weighted by Gasteiger charge is 2.03. The second-order valence-electron chi connectivity index (χ2n) is 4.06. The molecule has 0 fully saturated rings. The van der Waals surface area contributed by atoms with Gasteiger partial charge in [-0.3, -0.25) is 4.79 Å². The minimum absolute atomic E-state index is 0.198. The molecule has 88 valence electrons. The Morgan fingerprint density at radius 1 is 1.38 bits per heavy atom. The summed E-state index contributed by atoms with van der Waals surface area (Å²) in [6, 6.07) is 8.42. The summed E-state index contributed by atoms with van der Waals surface area (Å²) in [5.41, 5.74) is 2.57. The zero-order valence-corrected chi connectivity index (χ0v) is 9.94. The van der Waals surface area contributed by atoms with Crippen molar-refractivity contribution in [3.8, 4) is 0 Å². The van der Waals surface area contributed by atoms with E-state index in [2.05, 4.69) is 31.2 Å². The fourth-order valence-corrected chi connectivity index (χ4v) is 1.63. The SMILES string of the molecule is CCc1cccc(CN(C)CCC(=O)O)c1. The molecule has 0 saturated carbocycles. The predicted molar refractivity (Wildman–Crippen MR) is 64.4 cm³/mol. The van der Waals surface area contributed by atoms with Crippen molar-refractivity contribution >= 4 is 5.97 Å². The van der Waals surface area contributed by atoms with E-state index in [0.29, 0.717) is 6.54 Å². The van der Waals surface area contributed by atoms with Gasteiger partial charge in [0.2, 0.25) is 0 Å². The highest BCUT2D eigenvalue weighted by Crippen LogP contribution is 2.08. The van der Waals surface area contributed by atoms with Crippen LogP contribution in [0.4, 0.5) is 0 Å². The molecule has 1 aromatic carbocycles. The Kier molecular flexibility index (Phi) is 4.99. The molecule has 0 bridgehead atoms. The molecule has 0 radical (unpaired) electrons. The summed E-state index contributed by atoms with van der Waals surface area (Å²) in [7, 11) is 1.95. The lowest BCUT2D eigenvalue weighted by Crippen LogP contribution is -2.21. The quantitative estimate of drug-likeness (QED) is 0.800. The van der Waals surface area contributed by atoms with Gasteiger partial charge in [-0.1, -0.05) is 31.2 Å². The molecule has 16 heavy (non-hydrogen) atoms. The molecule has 0 aliphatic carbocycles. The third kappa shape index (κ3) is 4.45. The molecule has 0 heterocycles. The first kappa shape index (κ1) is 12.7. The van der Waals surface area contributed by atoms with Crippen LogP contribution in [0.3, 0.4) is 0 Å². The Hall–Kier alpha value is -1.35. The van der Waals surface area contributed by atoms with Crippen LogP contribution >= 0.6 is 0 Å². The van der Waals surface area contributed by atoms with Crippen molar-refractivity contribution in [2.75, 3.05) is 13.6 Å². The van der Waals surface area contributed by atoms with Crippen LogP contribution in [0.25, 0.3) is 0 Å². The van der Waals surface area contributed by atoms with Crippen molar-refractivity contribution in [3.63, 3.8) is 0 Å². The number of carbonyl (C=O) groups is 1. The molecular weight excluding hydrogens is 202 g/mol. The van der Waals surface area contributed by atoms with Gasteiger partial charge in [0, 0.05) is 13.1 Å². The van der Waals surface area contributed by atoms with E-state index in [4.69, 9.17) is 5.11 Å². The third-order valence-corrected chi connectivity index (χ3v) is 2.56. The maximum absolute atomic E-state index is 10.4. The number of hydrogen-bond donors (Lipinski definition) is 1. The monoisotopic (exact) mass is 221 g/mol. The lowest BCUT2D eigenvalue weighted by atomic mass is 10.1. The summed E-state index contributed by atoms with van der Waals surface area (Å²) in [6.07, 6.45) is 1.23. The Balaban J connectivity index is 2.48. The van der Waals surface area contributed by atoms with Gasteiger partial charge < -0.3 is 10.0 Å². The van der Waals surface area contributed by atoms with E-state index in [1.165, 1.54) is 11.1 Å². The highest BCUT2D eigenvalue weighted by molar-refractivity contribution is 5.66. The van der Waals surface area contributed by atoms with Gasteiger partial charge in [0.05, 0.1) is 6.42 Å². The Labute approximate surface area is 96.7 Å². The molecule has 0 unspecified atom stereocenters. The van der Waals surface area contributed by atoms with E-state index in [-0.39, 0.29) is 6.42 Å². The van der Waals surface area contributed by atoms with E-state index in [1.807, 2.05) is 11.9 Å². The highest BCUT2D eigenvalue weighted by atomic mass is 16.4. The van der Waals surface area contributed by atoms with Crippen LogP contribution in [0.5, 0.6) is 0 Å². The summed E-state index contributed by atoms with van der Waals surface area (Å²) in [5.74, 6) is -0.742. The number of aryl methyl sites for hydroxylation is 1. The summed E-state index contributed by atoms with van der Waals surface area (Å²) in [4.78, 5) is 12.5. The molecular formula is C13H19NO2. The normalized spacial score (nSPS) is 10.7. The van der Waals surface area contributed by atoms with E-state index in [9.17, 15) is 4.79 Å². The summed E-state index contributed by atoms with van der Waals surface area (Å²) in [5, 5.41) is 8.58. The fourth-order valence-electron chi connectivity index (χ4n) is 1.63. The van der Waals surface area contributed by atoms with Gasteiger partial charge in [-0.15, -0.1) is 0 Å². The molecule has 0 spiro atoms. The summed E-state index contributed by atoms with van der Waals surface area (Å²) in [6.45, 7) is 3.53. The predicted octanol–water partition coefficient (Wildman–Crippen LogP) is 2.16. The lowest BCUT2D eigenvalue weighted by Gasteiger charge is -2.15. The lowest BCUT2D eigenvalue weighted by molar-refractivity contribution is -0.137. The van der Waals surface area contributed by atoms with Gasteiger partial charge in [0.15, 0.2) is 0 Å². The van der Waals surface area contributed by atoms with Crippen molar-refractivity contribution in [2.45, 2.75) is 26.3 Å². The minimum Gasteiger partial charge on any atom is -0.481 e. The molecule has 0 aliphatic rings. The minimum atomic E-state index is -0.742. The average Bonchev–Trinajstić information content (AvgIpc) is 2.26. The van der Waals surface area contributed by atoms with E-state index < -0.39 is 5.97 Å². The number of carboxylic acids is 1. The average molecular weight is 221 g/mol. The Morgan fingerprint density at radius 3 is 2.69 bits per heavy atom. The third-order valence-electron chi connectivity index (χ3n) is 2.56. The second kappa shape index (κ2) is 6.28. The molecule has 0 aliphatic heterocycles. The number of nitrogens with zero attached hydrogens (tertiary/aromatic N) is 1. The first-order valence-electron chi connectivity index (χ1n) is 5.60. The van der Waals surface area contributed by atoms with Crippen molar-refractivity contribution in [3.05, 3.63) is 35.4 Å². The van der Waals surface area contributed by atoms with Crippen LogP contribution in [0.1, 0.15) is 24.5 Å². The van der Waals surface area contributed by atoms with Gasteiger partial charge in [-0.2, -0.15) is 0 Å². The van der Waals surface area contributed by atoms with Crippen LogP contribution in [-0.2, 0) is 17.8 Å². The summed E-state index contributed by atoms with van der Waals surface area (Å²) >= 11 is 0. The molecule has 1 aromatic rings. The first-order chi connectivity index (χ1) is 7.61. The van der Waals surface area contributed by atoms with Gasteiger partial charge in [-0.25, -0.2) is 0 Å². The van der Waals surface area contributed by atoms with E-state index in [1.54, 1.807) is 0 Å². The molecule has 0 amide bonds. The number of hydrogen-bond acceptors (Lipinski definition) is 2. The molecule has 3 heteroatoms. The Morgan fingerprint density at radius 2 is 2.06 bits per heavy atom. The van der Waals surface area contributed by atoms with Gasteiger partial charge in [0.1, 0.15) is 0 Å². The van der Waals surface area contributed by atoms with Crippen LogP contribution in [0.2, 0.25) is 0 Å². The van der Waals surface area contributed by atoms with Crippen LogP contribution in [0.15, 0.2) is 24.3 Å². The van der Waals surface area contributed by atoms with Gasteiger partial charge in [0.25, 0.3) is 0 Å². The number of benzene rings is 1. The van der Waals surface area contributed by atoms with E-state index >= 15 is 0 Å². The maximum Gasteiger partial charge on any atom is 0.304 e. The second-order valence-corrected chi connectivity index (χ2v) is 4.06. The van der Waals surface area contributed by atoms with Crippen LogP contribution in [-0.4, -0.2) is 29.6 Å². The first-order valence-corrected chi connectivity index (χ1v) is 5.60. The smallest absolute Gasteiger partial charge is 0.304 e. The zero-order chi connectivity index (χ0) is 12.0. The van der Waals surface area contributed by atoms with Gasteiger partial charge in [-0.05, 0) is 24.6 Å². The van der Waals surface area contributed by atoms with Crippen LogP contribution in [0, 0.1) is 0 Å². The van der Waals surface area contributed by atoms with Crippen molar-refractivity contribution < 1.29 is 9.90 Å². The fraction of sp³-hybridized carbons (Fsp3) is 0.462. The van der Waals surface area contributed by atoms with Crippen molar-refractivity contribution in [1.82, 2.24) is 4.90 Å². The molecule has 0 atom stereocenters. The topological polar surface area (TPSA) is 40.5 Å². The number of rotatable bonds is 6. The van der Waals surface area contributed by atoms with Crippen molar-refractivity contribution in [2.24, 2.45) is 0 Å².